The molecule has 10 heteroatoms. The number of fused-ring (bicyclic) bond motifs is 3. The Labute approximate surface area is 221 Å². The topological polar surface area (TPSA) is 126 Å². The third-order valence-corrected chi connectivity index (χ3v) is 7.40. The van der Waals surface area contributed by atoms with Crippen LogP contribution < -0.4 is 21.0 Å². The molecule has 1 saturated heterocycles. The first-order chi connectivity index (χ1) is 18.6. The zero-order valence-electron chi connectivity index (χ0n) is 21.8. The Morgan fingerprint density at radius 3 is 2.76 bits per heavy atom. The smallest absolute Gasteiger partial charge is 0.247 e. The Hall–Kier alpha value is -4.31. The molecule has 1 fully saturated rings. The molecule has 38 heavy (non-hydrogen) atoms. The average Bonchev–Trinajstić information content (AvgIpc) is 3.56. The number of H-pyrrole nitrogens is 1. The van der Waals surface area contributed by atoms with E-state index in [1.807, 2.05) is 19.4 Å². The second-order valence-corrected chi connectivity index (χ2v) is 9.84. The van der Waals surface area contributed by atoms with Crippen LogP contribution in [-0.2, 0) is 19.9 Å². The van der Waals surface area contributed by atoms with E-state index in [2.05, 4.69) is 70.6 Å². The zero-order chi connectivity index (χ0) is 26.1. The molecule has 10 nitrogen and oxygen atoms in total. The number of nitrogens with zero attached hydrogens (tertiary/aromatic N) is 6. The van der Waals surface area contributed by atoms with E-state index in [9.17, 15) is 0 Å². The van der Waals surface area contributed by atoms with Gasteiger partial charge in [-0.15, -0.1) is 4.68 Å². The fourth-order valence-corrected chi connectivity index (χ4v) is 5.50. The monoisotopic (exact) mass is 509 g/mol. The summed E-state index contributed by atoms with van der Waals surface area (Å²) in [5, 5.41) is 14.9. The van der Waals surface area contributed by atoms with Gasteiger partial charge >= 0.3 is 0 Å². The number of piperidine rings is 1. The molecule has 0 bridgehead atoms. The maximum atomic E-state index is 5.81. The van der Waals surface area contributed by atoms with Gasteiger partial charge in [-0.25, -0.2) is 9.97 Å². The van der Waals surface area contributed by atoms with Crippen LogP contribution in [0.25, 0.3) is 28.1 Å². The van der Waals surface area contributed by atoms with Crippen molar-refractivity contribution in [2.75, 3.05) is 25.5 Å². The Kier molecular flexibility index (Phi) is 6.47. The van der Waals surface area contributed by atoms with E-state index in [1.165, 1.54) is 5.69 Å². The van der Waals surface area contributed by atoms with Crippen molar-refractivity contribution in [3.8, 4) is 22.5 Å². The van der Waals surface area contributed by atoms with Crippen LogP contribution in [0.1, 0.15) is 35.7 Å². The molecule has 0 saturated carbocycles. The third kappa shape index (κ3) is 4.47. The number of rotatable bonds is 6. The highest BCUT2D eigenvalue weighted by Gasteiger charge is 2.31. The summed E-state index contributed by atoms with van der Waals surface area (Å²) in [4.78, 5) is 13.7. The van der Waals surface area contributed by atoms with E-state index in [0.29, 0.717) is 12.0 Å². The number of nitrogens with two attached hydrogens (primary N) is 1. The van der Waals surface area contributed by atoms with E-state index >= 15 is 0 Å². The summed E-state index contributed by atoms with van der Waals surface area (Å²) in [5.41, 5.74) is 15.2. The molecule has 1 aliphatic carbocycles. The number of benzene rings is 1. The molecular formula is C28H33N10+. The van der Waals surface area contributed by atoms with Gasteiger partial charge in [0.25, 0.3) is 0 Å². The van der Waals surface area contributed by atoms with Crippen LogP contribution in [0, 0.1) is 0 Å². The zero-order valence-corrected chi connectivity index (χ0v) is 21.8. The maximum absolute atomic E-state index is 5.81. The molecule has 3 aromatic heterocycles. The highest BCUT2D eigenvalue weighted by atomic mass is 15.3. The van der Waals surface area contributed by atoms with Crippen LogP contribution >= 0.6 is 0 Å². The second-order valence-electron chi connectivity index (χ2n) is 9.84. The molecule has 194 valence electrons. The minimum absolute atomic E-state index is 0.429. The van der Waals surface area contributed by atoms with Crippen molar-refractivity contribution < 1.29 is 4.68 Å². The number of hydrogen-bond donors (Lipinski definition) is 4. The van der Waals surface area contributed by atoms with Gasteiger partial charge in [0.05, 0.1) is 34.9 Å². The van der Waals surface area contributed by atoms with E-state index in [0.717, 1.165) is 83.7 Å². The molecule has 0 atom stereocenters. The average molecular weight is 510 g/mol. The normalized spacial score (nSPS) is 16.0. The van der Waals surface area contributed by atoms with Gasteiger partial charge in [-0.1, -0.05) is 12.1 Å². The molecule has 0 radical (unpaired) electrons. The van der Waals surface area contributed by atoms with Crippen molar-refractivity contribution in [2.24, 2.45) is 17.8 Å². The second kappa shape index (κ2) is 10.2. The Bertz CT molecular complexity index is 1500. The number of aliphatic imine (C=N–C) groups is 1. The van der Waals surface area contributed by atoms with Gasteiger partial charge in [0.1, 0.15) is 0 Å². The number of allylic oxidation sites excluding steroid dienone is 1. The largest absolute Gasteiger partial charge is 0.404 e. The SMILES string of the molecule is CN=CC(=CN)c1ccc(-c2c3c([nH][n+]2C)CCc2cnc(Nc4cnn(C5CCNCC5)c4)nc2-3)cc1. The van der Waals surface area contributed by atoms with Crippen LogP contribution in [-0.4, -0.2) is 51.2 Å². The molecule has 2 aliphatic rings. The van der Waals surface area contributed by atoms with Gasteiger partial charge in [0, 0.05) is 43.0 Å². The minimum Gasteiger partial charge on any atom is -0.404 e. The van der Waals surface area contributed by atoms with Crippen LogP contribution in [0.3, 0.4) is 0 Å². The lowest BCUT2D eigenvalue weighted by atomic mass is 9.91. The first-order valence-electron chi connectivity index (χ1n) is 13.1. The number of anilines is 2. The molecule has 4 heterocycles. The highest BCUT2D eigenvalue weighted by molar-refractivity contribution is 6.09. The summed E-state index contributed by atoms with van der Waals surface area (Å²) in [6.45, 7) is 2.06. The van der Waals surface area contributed by atoms with Gasteiger partial charge in [0.2, 0.25) is 11.6 Å². The van der Waals surface area contributed by atoms with Crippen LogP contribution in [0.4, 0.5) is 11.6 Å². The van der Waals surface area contributed by atoms with Crippen molar-refractivity contribution in [2.45, 2.75) is 31.7 Å². The van der Waals surface area contributed by atoms with E-state index < -0.39 is 0 Å². The van der Waals surface area contributed by atoms with Crippen LogP contribution in [0.5, 0.6) is 0 Å². The van der Waals surface area contributed by atoms with Crippen molar-refractivity contribution in [3.05, 3.63) is 65.9 Å². The Morgan fingerprint density at radius 1 is 1.18 bits per heavy atom. The van der Waals surface area contributed by atoms with E-state index in [4.69, 9.17) is 10.7 Å². The lowest BCUT2D eigenvalue weighted by Crippen LogP contribution is -2.32. The quantitative estimate of drug-likeness (QED) is 0.234. The standard InChI is InChI=1S/C28H32N10/c1-30-14-21(13-29)18-3-5-19(6-4-18)27-25-24(36-37(27)2)8-7-20-15-32-28(35-26(20)25)34-22-16-33-38(17-22)23-9-11-31-12-10-23/h3-6,13-17,23,31H,7-12H2,1-2H3,(H3,29,30,32,34,35,36)/p+1. The molecule has 0 unspecified atom stereocenters. The van der Waals surface area contributed by atoms with Crippen LogP contribution in [0.15, 0.2) is 54.0 Å². The van der Waals surface area contributed by atoms with Gasteiger partial charge in [0.15, 0.2) is 7.05 Å². The molecule has 4 aromatic rings. The third-order valence-electron chi connectivity index (χ3n) is 7.40. The molecule has 0 spiro atoms. The minimum atomic E-state index is 0.429. The van der Waals surface area contributed by atoms with E-state index in [-0.39, 0.29) is 0 Å². The number of aromatic amines is 1. The van der Waals surface area contributed by atoms with Crippen molar-refractivity contribution in [1.82, 2.24) is 30.2 Å². The van der Waals surface area contributed by atoms with Crippen molar-refractivity contribution in [1.29, 1.82) is 0 Å². The molecule has 6 rings (SSSR count). The fraction of sp³-hybridized carbons (Fsp3) is 0.321. The van der Waals surface area contributed by atoms with Gasteiger partial charge in [-0.05, 0) is 62.0 Å². The highest BCUT2D eigenvalue weighted by Crippen LogP contribution is 2.38. The maximum Gasteiger partial charge on any atom is 0.247 e. The van der Waals surface area contributed by atoms with Crippen LogP contribution in [0.2, 0.25) is 0 Å². The Morgan fingerprint density at radius 2 is 2.00 bits per heavy atom. The lowest BCUT2D eigenvalue weighted by Gasteiger charge is -2.22. The molecule has 1 aromatic carbocycles. The number of aryl methyl sites for hydroxylation is 3. The van der Waals surface area contributed by atoms with Crippen molar-refractivity contribution >= 4 is 23.4 Å². The van der Waals surface area contributed by atoms with Gasteiger partial charge in [-0.2, -0.15) is 10.2 Å². The summed E-state index contributed by atoms with van der Waals surface area (Å²) >= 11 is 0. The molecular weight excluding hydrogens is 476 g/mol. The number of aromatic nitrogens is 6. The van der Waals surface area contributed by atoms with E-state index in [1.54, 1.807) is 19.5 Å². The molecule has 5 N–H and O–H groups in total. The van der Waals surface area contributed by atoms with Gasteiger partial charge < -0.3 is 16.4 Å². The van der Waals surface area contributed by atoms with Crippen molar-refractivity contribution in [3.63, 3.8) is 0 Å². The predicted molar refractivity (Wildman–Crippen MR) is 149 cm³/mol. The summed E-state index contributed by atoms with van der Waals surface area (Å²) in [6, 6.07) is 8.82. The summed E-state index contributed by atoms with van der Waals surface area (Å²) in [6.07, 6.45) is 13.2. The first-order valence-corrected chi connectivity index (χ1v) is 13.1. The number of hydrogen-bond acceptors (Lipinski definition) is 7. The summed E-state index contributed by atoms with van der Waals surface area (Å²) in [7, 11) is 3.79. The first kappa shape index (κ1) is 24.1. The lowest BCUT2D eigenvalue weighted by molar-refractivity contribution is -0.716. The summed E-state index contributed by atoms with van der Waals surface area (Å²) in [5.74, 6) is 0.572. The summed E-state index contributed by atoms with van der Waals surface area (Å²) < 4.78 is 4.14. The number of nitrogens with one attached hydrogen (secondary N) is 3. The predicted octanol–water partition coefficient (Wildman–Crippen LogP) is 2.93. The Balaban J connectivity index is 1.32. The fourth-order valence-electron chi connectivity index (χ4n) is 5.50. The van der Waals surface area contributed by atoms with Gasteiger partial charge in [-0.3, -0.25) is 9.67 Å². The molecule has 0 amide bonds. The molecule has 1 aliphatic heterocycles.